The third-order valence-corrected chi connectivity index (χ3v) is 3.03. The molecule has 18 heavy (non-hydrogen) atoms. The molecule has 1 fully saturated rings. The lowest BCUT2D eigenvalue weighted by Crippen LogP contribution is -2.28. The molecular weight excluding hydrogens is 351 g/mol. The molecular formula is C11H15IN2O4. The first kappa shape index (κ1) is 14.9. The van der Waals surface area contributed by atoms with Crippen molar-refractivity contribution < 1.29 is 19.2 Å². The summed E-state index contributed by atoms with van der Waals surface area (Å²) in [6.45, 7) is 4.06. The molecule has 1 aliphatic heterocycles. The van der Waals surface area contributed by atoms with Gasteiger partial charge in [0.25, 0.3) is 5.91 Å². The highest BCUT2D eigenvalue weighted by Gasteiger charge is 2.27. The number of carbonyl (C=O) groups excluding carboxylic acids is 3. The highest BCUT2D eigenvalue weighted by atomic mass is 127. The van der Waals surface area contributed by atoms with Crippen LogP contribution in [-0.2, 0) is 19.2 Å². The van der Waals surface area contributed by atoms with E-state index in [1.807, 2.05) is 22.6 Å². The Morgan fingerprint density at radius 2 is 2.17 bits per heavy atom. The molecule has 6 nitrogen and oxygen atoms in total. The lowest BCUT2D eigenvalue weighted by atomic mass is 10.3. The average molecular weight is 366 g/mol. The lowest BCUT2D eigenvalue weighted by molar-refractivity contribution is -0.186. The van der Waals surface area contributed by atoms with Gasteiger partial charge in [-0.2, -0.15) is 0 Å². The van der Waals surface area contributed by atoms with Crippen LogP contribution < -0.4 is 5.32 Å². The Hall–Kier alpha value is -1.12. The molecule has 1 heterocycles. The average Bonchev–Trinajstić information content (AvgIpc) is 2.66. The molecule has 0 unspecified atom stereocenters. The molecule has 0 aromatic heterocycles. The fourth-order valence-corrected chi connectivity index (χ4v) is 1.67. The number of amides is 2. The summed E-state index contributed by atoms with van der Waals surface area (Å²) >= 11 is 1.96. The van der Waals surface area contributed by atoms with Crippen LogP contribution >= 0.6 is 22.6 Å². The molecule has 1 N–H and O–H groups in total. The number of rotatable bonds is 6. The zero-order valence-corrected chi connectivity index (χ0v) is 12.1. The van der Waals surface area contributed by atoms with Crippen LogP contribution in [0.2, 0.25) is 0 Å². The zero-order chi connectivity index (χ0) is 13.5. The van der Waals surface area contributed by atoms with E-state index in [2.05, 4.69) is 11.9 Å². The number of carbonyl (C=O) groups is 3. The smallest absolute Gasteiger partial charge is 0.333 e. The number of nitrogens with one attached hydrogen (secondary N) is 1. The van der Waals surface area contributed by atoms with Gasteiger partial charge in [0.1, 0.15) is 0 Å². The number of hydrogen-bond acceptors (Lipinski definition) is 4. The van der Waals surface area contributed by atoms with Crippen molar-refractivity contribution in [1.29, 1.82) is 0 Å². The van der Waals surface area contributed by atoms with Crippen molar-refractivity contribution in [2.75, 3.05) is 11.0 Å². The largest absolute Gasteiger partial charge is 0.355 e. The molecule has 0 bridgehead atoms. The Morgan fingerprint density at radius 1 is 1.44 bits per heavy atom. The molecule has 0 aromatic carbocycles. The highest BCUT2D eigenvalue weighted by molar-refractivity contribution is 14.1. The van der Waals surface area contributed by atoms with E-state index in [-0.39, 0.29) is 18.2 Å². The van der Waals surface area contributed by atoms with Gasteiger partial charge in [-0.05, 0) is 12.8 Å². The maximum atomic E-state index is 11.4. The summed E-state index contributed by atoms with van der Waals surface area (Å²) in [6.07, 6.45) is 1.49. The Morgan fingerprint density at radius 3 is 2.72 bits per heavy atom. The quantitative estimate of drug-likeness (QED) is 0.431. The van der Waals surface area contributed by atoms with Crippen LogP contribution in [0.15, 0.2) is 12.3 Å². The fourth-order valence-electron chi connectivity index (χ4n) is 1.40. The van der Waals surface area contributed by atoms with E-state index in [0.29, 0.717) is 35.9 Å². The minimum absolute atomic E-state index is 0.0629. The molecule has 0 atom stereocenters. The molecule has 0 radical (unpaired) electrons. The highest BCUT2D eigenvalue weighted by Crippen LogP contribution is 2.21. The Labute approximate surface area is 119 Å². The minimum Gasteiger partial charge on any atom is -0.355 e. The van der Waals surface area contributed by atoms with E-state index in [1.54, 1.807) is 0 Å². The molecule has 1 aliphatic rings. The van der Waals surface area contributed by atoms with E-state index in [9.17, 15) is 14.4 Å². The van der Waals surface area contributed by atoms with Gasteiger partial charge >= 0.3 is 5.97 Å². The Balaban J connectivity index is 2.20. The van der Waals surface area contributed by atoms with Crippen LogP contribution in [0.3, 0.4) is 0 Å². The molecule has 1 saturated heterocycles. The minimum atomic E-state index is -0.491. The standard InChI is InChI=1S/C11H15IN2O4/c1-8-4-5-10(16)14(8)18-11(17)3-2-6-13-9(15)7-12/h1-7H2,(H,13,15). The number of hydrogen-bond donors (Lipinski definition) is 1. The van der Waals surface area contributed by atoms with Gasteiger partial charge in [-0.3, -0.25) is 9.59 Å². The van der Waals surface area contributed by atoms with Crippen molar-refractivity contribution in [2.24, 2.45) is 0 Å². The van der Waals surface area contributed by atoms with E-state index < -0.39 is 5.97 Å². The van der Waals surface area contributed by atoms with Crippen LogP contribution in [-0.4, -0.2) is 33.8 Å². The predicted molar refractivity (Wildman–Crippen MR) is 72.4 cm³/mol. The number of hydroxylamine groups is 2. The van der Waals surface area contributed by atoms with Gasteiger partial charge in [-0.15, -0.1) is 5.06 Å². The van der Waals surface area contributed by atoms with Crippen molar-refractivity contribution >= 4 is 40.4 Å². The van der Waals surface area contributed by atoms with Crippen molar-refractivity contribution in [3.63, 3.8) is 0 Å². The number of alkyl halides is 1. The molecule has 7 heteroatoms. The summed E-state index contributed by atoms with van der Waals surface area (Å²) in [4.78, 5) is 38.6. The van der Waals surface area contributed by atoms with Gasteiger partial charge in [-0.1, -0.05) is 29.2 Å². The summed E-state index contributed by atoms with van der Waals surface area (Å²) in [7, 11) is 0. The molecule has 1 rings (SSSR count). The van der Waals surface area contributed by atoms with Crippen molar-refractivity contribution in [2.45, 2.75) is 25.7 Å². The summed E-state index contributed by atoms with van der Waals surface area (Å²) < 4.78 is 0.393. The third kappa shape index (κ3) is 4.63. The number of allylic oxidation sites excluding steroid dienone is 1. The van der Waals surface area contributed by atoms with Crippen molar-refractivity contribution in [1.82, 2.24) is 10.4 Å². The topological polar surface area (TPSA) is 75.7 Å². The van der Waals surface area contributed by atoms with Crippen LogP contribution in [0.4, 0.5) is 0 Å². The van der Waals surface area contributed by atoms with Gasteiger partial charge in [0.05, 0.1) is 10.1 Å². The SMILES string of the molecule is C=C1CCC(=O)N1OC(=O)CCCNC(=O)CI. The molecule has 0 spiro atoms. The van der Waals surface area contributed by atoms with Gasteiger partial charge in [0, 0.05) is 19.4 Å². The monoisotopic (exact) mass is 366 g/mol. The van der Waals surface area contributed by atoms with Gasteiger partial charge in [0.2, 0.25) is 5.91 Å². The molecule has 0 saturated carbocycles. The van der Waals surface area contributed by atoms with E-state index in [0.717, 1.165) is 5.06 Å². The second kappa shape index (κ2) is 7.34. The van der Waals surface area contributed by atoms with Crippen LogP contribution in [0.5, 0.6) is 0 Å². The van der Waals surface area contributed by atoms with Gasteiger partial charge in [0.15, 0.2) is 0 Å². The molecule has 2 amide bonds. The van der Waals surface area contributed by atoms with Crippen LogP contribution in [0.25, 0.3) is 0 Å². The molecule has 100 valence electrons. The Bertz CT molecular complexity index is 354. The summed E-state index contributed by atoms with van der Waals surface area (Å²) in [5.41, 5.74) is 0.506. The van der Waals surface area contributed by atoms with Crippen molar-refractivity contribution in [3.8, 4) is 0 Å². The van der Waals surface area contributed by atoms with Crippen LogP contribution in [0, 0.1) is 0 Å². The first-order valence-electron chi connectivity index (χ1n) is 5.58. The normalized spacial score (nSPS) is 14.8. The first-order chi connectivity index (χ1) is 8.54. The van der Waals surface area contributed by atoms with E-state index in [1.165, 1.54) is 0 Å². The Kier molecular flexibility index (Phi) is 6.10. The third-order valence-electron chi connectivity index (χ3n) is 2.34. The van der Waals surface area contributed by atoms with Crippen molar-refractivity contribution in [3.05, 3.63) is 12.3 Å². The summed E-state index contributed by atoms with van der Waals surface area (Å²) in [5.74, 6) is -0.797. The number of halogens is 1. The van der Waals surface area contributed by atoms with Gasteiger partial charge in [-0.25, -0.2) is 4.79 Å². The maximum absolute atomic E-state index is 11.4. The fraction of sp³-hybridized carbons (Fsp3) is 0.545. The lowest BCUT2D eigenvalue weighted by Gasteiger charge is -2.15. The van der Waals surface area contributed by atoms with Crippen LogP contribution in [0.1, 0.15) is 25.7 Å². The van der Waals surface area contributed by atoms with E-state index in [4.69, 9.17) is 4.84 Å². The molecule has 0 aliphatic carbocycles. The molecule has 0 aromatic rings. The first-order valence-corrected chi connectivity index (χ1v) is 7.11. The van der Waals surface area contributed by atoms with Gasteiger partial charge < -0.3 is 10.2 Å². The summed E-state index contributed by atoms with van der Waals surface area (Å²) in [5, 5.41) is 3.61. The second-order valence-corrected chi connectivity index (χ2v) is 4.57. The second-order valence-electron chi connectivity index (χ2n) is 3.80. The maximum Gasteiger partial charge on any atom is 0.333 e. The predicted octanol–water partition coefficient (Wildman–Crippen LogP) is 0.912. The zero-order valence-electron chi connectivity index (χ0n) is 9.91. The summed E-state index contributed by atoms with van der Waals surface area (Å²) in [6, 6.07) is 0. The number of nitrogens with zero attached hydrogens (tertiary/aromatic N) is 1. The van der Waals surface area contributed by atoms with E-state index >= 15 is 0 Å².